The number of halogens is 3. The smallest absolute Gasteiger partial charge is 0.273 e. The number of para-hydroxylation sites is 1. The lowest BCUT2D eigenvalue weighted by Gasteiger charge is -2.13. The summed E-state index contributed by atoms with van der Waals surface area (Å²) in [7, 11) is 1.36. The molecule has 0 aliphatic carbocycles. The third-order valence-corrected chi connectivity index (χ3v) is 4.56. The third kappa shape index (κ3) is 5.09. The Morgan fingerprint density at radius 2 is 1.75 bits per heavy atom. The molecule has 0 aliphatic heterocycles. The minimum atomic E-state index is -1.24. The van der Waals surface area contributed by atoms with Gasteiger partial charge >= 0.3 is 0 Å². The molecule has 2 aromatic carbocycles. The van der Waals surface area contributed by atoms with Gasteiger partial charge in [-0.1, -0.05) is 35.0 Å². The van der Waals surface area contributed by atoms with Crippen LogP contribution in [-0.2, 0) is 9.63 Å². The lowest BCUT2D eigenvalue weighted by molar-refractivity contribution is -0.114. The molecular weight excluding hydrogens is 446 g/mol. The molecule has 32 heavy (non-hydrogen) atoms. The van der Waals surface area contributed by atoms with Gasteiger partial charge in [0.2, 0.25) is 5.82 Å². The number of amides is 1. The maximum absolute atomic E-state index is 15.0. The van der Waals surface area contributed by atoms with Gasteiger partial charge in [0, 0.05) is 17.6 Å². The molecule has 0 radical (unpaired) electrons. The van der Waals surface area contributed by atoms with Crippen molar-refractivity contribution in [3.63, 3.8) is 0 Å². The number of nitrogens with zero attached hydrogens (tertiary/aromatic N) is 3. The molecule has 0 saturated carbocycles. The third-order valence-electron chi connectivity index (χ3n) is 4.15. The Balaban J connectivity index is 1.96. The average Bonchev–Trinajstić information content (AvgIpc) is 2.80. The molecule has 3 aromatic rings. The second kappa shape index (κ2) is 10.5. The maximum atomic E-state index is 15.0. The number of benzene rings is 2. The molecule has 0 spiro atoms. The van der Waals surface area contributed by atoms with Crippen LogP contribution in [0.5, 0.6) is 23.3 Å². The molecule has 0 fully saturated rings. The number of carbonyl (C=O) groups excluding carboxylic acids is 1. The number of oxime groups is 1. The predicted molar refractivity (Wildman–Crippen MR) is 112 cm³/mol. The number of nitrogens with one attached hydrogen (secondary N) is 1. The Labute approximate surface area is 186 Å². The zero-order chi connectivity index (χ0) is 23.1. The standard InChI is InChI=1S/C21H17ClF2N4O4/c1-12-14(22)7-5-9-15(12)31-20-17(24)21(27-11-26-20)32-16-8-4-3-6-13(16)18(19(29)25-2)28-30-10-23/h3-9,11H,10H2,1-2H3,(H,25,29). The number of likely N-dealkylation sites (N-methyl/N-ethyl adjacent to an activating group) is 1. The van der Waals surface area contributed by atoms with Crippen molar-refractivity contribution in [3.8, 4) is 23.3 Å². The van der Waals surface area contributed by atoms with Crippen LogP contribution in [-0.4, -0.2) is 35.5 Å². The van der Waals surface area contributed by atoms with E-state index in [1.807, 2.05) is 0 Å². The summed E-state index contributed by atoms with van der Waals surface area (Å²) in [5, 5.41) is 6.29. The van der Waals surface area contributed by atoms with Crippen LogP contribution in [0.15, 0.2) is 53.9 Å². The van der Waals surface area contributed by atoms with E-state index in [1.165, 1.54) is 19.2 Å². The van der Waals surface area contributed by atoms with Gasteiger partial charge in [-0.2, -0.15) is 14.4 Å². The fraction of sp³-hybridized carbons (Fsp3) is 0.143. The lowest BCUT2D eigenvalue weighted by atomic mass is 10.1. The maximum Gasteiger partial charge on any atom is 0.273 e. The normalized spacial score (nSPS) is 11.1. The summed E-state index contributed by atoms with van der Waals surface area (Å²) in [6.45, 7) is 0.469. The molecule has 3 rings (SSSR count). The van der Waals surface area contributed by atoms with Gasteiger partial charge in [0.15, 0.2) is 5.71 Å². The van der Waals surface area contributed by atoms with Crippen LogP contribution in [0.2, 0.25) is 5.02 Å². The molecule has 0 saturated heterocycles. The molecule has 1 aromatic heterocycles. The zero-order valence-electron chi connectivity index (χ0n) is 16.9. The minimum absolute atomic E-state index is 0.0137. The van der Waals surface area contributed by atoms with E-state index in [0.717, 1.165) is 6.33 Å². The van der Waals surface area contributed by atoms with E-state index < -0.39 is 24.5 Å². The fourth-order valence-electron chi connectivity index (χ4n) is 2.56. The number of alkyl halides is 1. The van der Waals surface area contributed by atoms with Crippen molar-refractivity contribution in [1.82, 2.24) is 15.3 Å². The molecule has 0 bridgehead atoms. The quantitative estimate of drug-likeness (QED) is 0.389. The SMILES string of the molecule is CNC(=O)C(=NOCF)c1ccccc1Oc1ncnc(Oc2cccc(Cl)c2C)c1F. The van der Waals surface area contributed by atoms with Gasteiger partial charge in [0.25, 0.3) is 24.5 Å². The van der Waals surface area contributed by atoms with Crippen molar-refractivity contribution in [2.24, 2.45) is 5.16 Å². The van der Waals surface area contributed by atoms with E-state index in [-0.39, 0.29) is 22.9 Å². The van der Waals surface area contributed by atoms with Gasteiger partial charge < -0.3 is 19.6 Å². The highest BCUT2D eigenvalue weighted by Crippen LogP contribution is 2.33. The average molecular weight is 463 g/mol. The number of hydrogen-bond donors (Lipinski definition) is 1. The van der Waals surface area contributed by atoms with Crippen LogP contribution < -0.4 is 14.8 Å². The van der Waals surface area contributed by atoms with Crippen molar-refractivity contribution >= 4 is 23.2 Å². The summed E-state index contributed by atoms with van der Waals surface area (Å²) >= 11 is 6.07. The Bertz CT molecular complexity index is 1160. The first-order valence-electron chi connectivity index (χ1n) is 9.15. The Kier molecular flexibility index (Phi) is 7.50. The van der Waals surface area contributed by atoms with Gasteiger partial charge in [-0.3, -0.25) is 4.79 Å². The summed E-state index contributed by atoms with van der Waals surface area (Å²) in [4.78, 5) is 24.2. The molecule has 1 N–H and O–H groups in total. The first kappa shape index (κ1) is 22.9. The highest BCUT2D eigenvalue weighted by Gasteiger charge is 2.22. The molecule has 0 unspecified atom stereocenters. The number of aromatic nitrogens is 2. The van der Waals surface area contributed by atoms with E-state index in [2.05, 4.69) is 25.3 Å². The molecule has 8 nitrogen and oxygen atoms in total. The summed E-state index contributed by atoms with van der Waals surface area (Å²) < 4.78 is 38.6. The lowest BCUT2D eigenvalue weighted by Crippen LogP contribution is -2.29. The molecule has 0 aliphatic rings. The minimum Gasteiger partial charge on any atom is -0.436 e. The van der Waals surface area contributed by atoms with Crippen LogP contribution in [0.4, 0.5) is 8.78 Å². The Morgan fingerprint density at radius 1 is 1.09 bits per heavy atom. The molecular formula is C21H17ClF2N4O4. The van der Waals surface area contributed by atoms with Crippen molar-refractivity contribution in [2.75, 3.05) is 13.9 Å². The van der Waals surface area contributed by atoms with Crippen LogP contribution in [0.3, 0.4) is 0 Å². The zero-order valence-corrected chi connectivity index (χ0v) is 17.7. The highest BCUT2D eigenvalue weighted by atomic mass is 35.5. The van der Waals surface area contributed by atoms with Crippen molar-refractivity contribution in [3.05, 3.63) is 70.8 Å². The van der Waals surface area contributed by atoms with Gasteiger partial charge in [-0.25, -0.2) is 4.39 Å². The van der Waals surface area contributed by atoms with Gasteiger partial charge in [0.05, 0.1) is 5.56 Å². The first-order chi connectivity index (χ1) is 15.5. The second-order valence-corrected chi connectivity index (χ2v) is 6.53. The summed E-state index contributed by atoms with van der Waals surface area (Å²) in [5.41, 5.74) is 0.437. The largest absolute Gasteiger partial charge is 0.436 e. The van der Waals surface area contributed by atoms with Gasteiger partial charge in [0.1, 0.15) is 17.8 Å². The summed E-state index contributed by atoms with van der Waals surface area (Å²) in [6.07, 6.45) is 1.05. The van der Waals surface area contributed by atoms with E-state index >= 15 is 4.39 Å². The summed E-state index contributed by atoms with van der Waals surface area (Å²) in [6, 6.07) is 11.0. The highest BCUT2D eigenvalue weighted by molar-refractivity contribution is 6.45. The van der Waals surface area contributed by atoms with E-state index in [9.17, 15) is 9.18 Å². The Morgan fingerprint density at radius 3 is 2.44 bits per heavy atom. The van der Waals surface area contributed by atoms with Crippen molar-refractivity contribution in [1.29, 1.82) is 0 Å². The van der Waals surface area contributed by atoms with Crippen LogP contribution in [0, 0.1) is 12.7 Å². The van der Waals surface area contributed by atoms with Gasteiger partial charge in [-0.15, -0.1) is 0 Å². The molecule has 0 atom stereocenters. The predicted octanol–water partition coefficient (Wildman–Crippen LogP) is 4.56. The van der Waals surface area contributed by atoms with Crippen LogP contribution in [0.1, 0.15) is 11.1 Å². The summed E-state index contributed by atoms with van der Waals surface area (Å²) in [5.74, 6) is -2.19. The number of ether oxygens (including phenoxy) is 2. The molecule has 11 heteroatoms. The molecule has 1 amide bonds. The molecule has 166 valence electrons. The number of rotatable bonds is 8. The first-order valence-corrected chi connectivity index (χ1v) is 9.52. The van der Waals surface area contributed by atoms with E-state index in [4.69, 9.17) is 21.1 Å². The fourth-order valence-corrected chi connectivity index (χ4v) is 2.72. The second-order valence-electron chi connectivity index (χ2n) is 6.12. The molecule has 1 heterocycles. The van der Waals surface area contributed by atoms with Crippen molar-refractivity contribution < 1.29 is 27.9 Å². The van der Waals surface area contributed by atoms with E-state index in [1.54, 1.807) is 37.3 Å². The van der Waals surface area contributed by atoms with Gasteiger partial charge in [-0.05, 0) is 31.2 Å². The Hall–Kier alpha value is -3.79. The van der Waals surface area contributed by atoms with Crippen molar-refractivity contribution in [2.45, 2.75) is 6.92 Å². The monoisotopic (exact) mass is 462 g/mol. The topological polar surface area (TPSA) is 94.9 Å². The number of carbonyl (C=O) groups is 1. The van der Waals surface area contributed by atoms with Crippen LogP contribution in [0.25, 0.3) is 0 Å². The van der Waals surface area contributed by atoms with E-state index in [0.29, 0.717) is 16.3 Å². The van der Waals surface area contributed by atoms with Crippen LogP contribution >= 0.6 is 11.6 Å². The number of hydrogen-bond acceptors (Lipinski definition) is 7.